The van der Waals surface area contributed by atoms with E-state index in [0.717, 1.165) is 5.01 Å². The average Bonchev–Trinajstić information content (AvgIpc) is 3.46. The number of pyridine rings is 1. The summed E-state index contributed by atoms with van der Waals surface area (Å²) in [6.07, 6.45) is -1.57. The van der Waals surface area contributed by atoms with Gasteiger partial charge in [-0.25, -0.2) is 4.98 Å². The summed E-state index contributed by atoms with van der Waals surface area (Å²) in [5.41, 5.74) is 1.23. The number of alkyl halides is 3. The third-order valence-electron chi connectivity index (χ3n) is 10.6. The number of phenolic OH excluding ortho intramolecular Hbond substituents is 1. The van der Waals surface area contributed by atoms with Crippen LogP contribution in [0.15, 0.2) is 66.4 Å². The number of fused-ring (bicyclic) bond motifs is 4. The number of nitrogens with one attached hydrogen (secondary N) is 1. The van der Waals surface area contributed by atoms with Crippen LogP contribution in [0.1, 0.15) is 48.8 Å². The fourth-order valence-corrected chi connectivity index (χ4v) is 8.89. The van der Waals surface area contributed by atoms with E-state index in [4.69, 9.17) is 27.9 Å². The maximum atomic E-state index is 15.2. The quantitative estimate of drug-likeness (QED) is 0.207. The number of hydrazine groups is 1. The van der Waals surface area contributed by atoms with Gasteiger partial charge in [0.2, 0.25) is 11.8 Å². The molecule has 51 heavy (non-hydrogen) atoms. The minimum absolute atomic E-state index is 0.00975. The number of methoxy groups -OCH3 is 1. The third-order valence-corrected chi connectivity index (χ3v) is 11.2. The fourth-order valence-electron chi connectivity index (χ4n) is 8.55. The van der Waals surface area contributed by atoms with E-state index in [-0.39, 0.29) is 48.5 Å². The number of imide groups is 2. The lowest BCUT2D eigenvalue weighted by Gasteiger charge is -2.50. The molecule has 2 N–H and O–H groups in total. The Morgan fingerprint density at radius 1 is 1.02 bits per heavy atom. The zero-order valence-electron chi connectivity index (χ0n) is 27.2. The van der Waals surface area contributed by atoms with Crippen LogP contribution < -0.4 is 10.2 Å². The van der Waals surface area contributed by atoms with Gasteiger partial charge in [0.05, 0.1) is 40.9 Å². The molecule has 0 bridgehead atoms. The summed E-state index contributed by atoms with van der Waals surface area (Å²) < 4.78 is 45.5. The maximum absolute atomic E-state index is 15.2. The number of likely N-dealkylation sites (tertiary alicyclic amines) is 1. The summed E-state index contributed by atoms with van der Waals surface area (Å²) in [5, 5.41) is 11.6. The van der Waals surface area contributed by atoms with Gasteiger partial charge >= 0.3 is 6.18 Å². The van der Waals surface area contributed by atoms with E-state index in [1.165, 1.54) is 24.1 Å². The van der Waals surface area contributed by atoms with Crippen molar-refractivity contribution >= 4 is 52.6 Å². The molecule has 3 heterocycles. The number of allylic oxidation sites excluding steroid dienone is 2. The molecule has 0 spiro atoms. The van der Waals surface area contributed by atoms with Crippen LogP contribution in [0.4, 0.5) is 19.0 Å². The minimum Gasteiger partial charge on any atom is -0.504 e. The normalized spacial score (nSPS) is 27.3. The molecule has 6 atom stereocenters. The molecule has 3 fully saturated rings. The Kier molecular flexibility index (Phi) is 8.57. The minimum atomic E-state index is -4.74. The molecule has 2 saturated heterocycles. The SMILES string of the molecule is CCCN1C(=O)C2CC=C3C(CC4C(=O)N(Nc5ncc(C(F)(F)F)cc5Cl)C(=O)C4(c4ccc(Cl)cc4)C3c3ccc(OC)c(O)c3)C2C1=O. The number of aromatic nitrogens is 1. The molecule has 1 saturated carbocycles. The molecule has 7 rings (SSSR count). The summed E-state index contributed by atoms with van der Waals surface area (Å²) in [6.45, 7) is 2.11. The molecule has 4 amide bonds. The number of hydrogen-bond acceptors (Lipinski definition) is 8. The number of amides is 4. The van der Waals surface area contributed by atoms with Crippen LogP contribution in [0, 0.1) is 23.7 Å². The predicted octanol–water partition coefficient (Wildman–Crippen LogP) is 6.52. The van der Waals surface area contributed by atoms with E-state index in [1.54, 1.807) is 30.3 Å². The molecule has 1 aromatic heterocycles. The number of nitrogens with zero attached hydrogens (tertiary/aromatic N) is 3. The number of phenols is 1. The lowest BCUT2D eigenvalue weighted by atomic mass is 9.49. The molecular formula is C36H31Cl2F3N4O6. The predicted molar refractivity (Wildman–Crippen MR) is 179 cm³/mol. The van der Waals surface area contributed by atoms with E-state index in [1.807, 2.05) is 13.0 Å². The van der Waals surface area contributed by atoms with Crippen molar-refractivity contribution in [2.45, 2.75) is 43.7 Å². The Labute approximate surface area is 300 Å². The topological polar surface area (TPSA) is 129 Å². The van der Waals surface area contributed by atoms with Crippen LogP contribution in [0.3, 0.4) is 0 Å². The second-order valence-corrected chi connectivity index (χ2v) is 14.0. The third kappa shape index (κ3) is 5.26. The number of aromatic hydroxyl groups is 1. The van der Waals surface area contributed by atoms with Gasteiger partial charge in [-0.2, -0.15) is 18.2 Å². The van der Waals surface area contributed by atoms with Crippen LogP contribution in [-0.4, -0.2) is 57.3 Å². The Bertz CT molecular complexity index is 2010. The summed E-state index contributed by atoms with van der Waals surface area (Å²) in [5.74, 6) is -6.78. The Hall–Kier alpha value is -4.62. The van der Waals surface area contributed by atoms with E-state index < -0.39 is 63.6 Å². The van der Waals surface area contributed by atoms with E-state index in [0.29, 0.717) is 40.4 Å². The number of carbonyl (C=O) groups excluding carboxylic acids is 4. The molecule has 2 aliphatic carbocycles. The van der Waals surface area contributed by atoms with Gasteiger partial charge in [-0.1, -0.05) is 60.0 Å². The molecule has 15 heteroatoms. The number of halogens is 5. The molecule has 266 valence electrons. The highest BCUT2D eigenvalue weighted by Gasteiger charge is 2.70. The largest absolute Gasteiger partial charge is 0.504 e. The molecule has 6 unspecified atom stereocenters. The van der Waals surface area contributed by atoms with Gasteiger partial charge in [-0.3, -0.25) is 29.5 Å². The van der Waals surface area contributed by atoms with Crippen LogP contribution in [0.5, 0.6) is 11.5 Å². The summed E-state index contributed by atoms with van der Waals surface area (Å²) >= 11 is 12.5. The smallest absolute Gasteiger partial charge is 0.417 e. The zero-order valence-corrected chi connectivity index (χ0v) is 28.7. The number of carbonyl (C=O) groups is 4. The summed E-state index contributed by atoms with van der Waals surface area (Å²) in [4.78, 5) is 62.4. The van der Waals surface area contributed by atoms with Crippen LogP contribution in [-0.2, 0) is 30.8 Å². The molecular weight excluding hydrogens is 712 g/mol. The Morgan fingerprint density at radius 3 is 2.37 bits per heavy atom. The van der Waals surface area contributed by atoms with Gasteiger partial charge in [-0.05, 0) is 66.6 Å². The highest BCUT2D eigenvalue weighted by atomic mass is 35.5. The van der Waals surface area contributed by atoms with Crippen molar-refractivity contribution in [3.8, 4) is 11.5 Å². The first-order valence-electron chi connectivity index (χ1n) is 16.3. The number of rotatable bonds is 7. The van der Waals surface area contributed by atoms with Crippen molar-refractivity contribution < 1.29 is 42.2 Å². The summed E-state index contributed by atoms with van der Waals surface area (Å²) in [7, 11) is 1.38. The Morgan fingerprint density at radius 2 is 1.75 bits per heavy atom. The molecule has 3 aromatic rings. The number of hydrogen-bond donors (Lipinski definition) is 2. The van der Waals surface area contributed by atoms with Crippen molar-refractivity contribution in [1.82, 2.24) is 14.9 Å². The van der Waals surface area contributed by atoms with Crippen molar-refractivity contribution in [3.63, 3.8) is 0 Å². The average molecular weight is 744 g/mol. The first kappa shape index (κ1) is 34.8. The first-order valence-corrected chi connectivity index (χ1v) is 17.0. The highest BCUT2D eigenvalue weighted by molar-refractivity contribution is 6.33. The van der Waals surface area contributed by atoms with E-state index in [2.05, 4.69) is 10.4 Å². The molecule has 2 aliphatic heterocycles. The molecule has 4 aliphatic rings. The number of ether oxygens (including phenoxy) is 1. The van der Waals surface area contributed by atoms with Crippen molar-refractivity contribution in [1.29, 1.82) is 0 Å². The van der Waals surface area contributed by atoms with Crippen LogP contribution in [0.2, 0.25) is 10.0 Å². The van der Waals surface area contributed by atoms with Gasteiger partial charge in [0.25, 0.3) is 11.8 Å². The second kappa shape index (κ2) is 12.6. The fraction of sp³-hybridized carbons (Fsp3) is 0.361. The monoisotopic (exact) mass is 742 g/mol. The van der Waals surface area contributed by atoms with Crippen molar-refractivity contribution in [3.05, 3.63) is 93.1 Å². The number of anilines is 1. The number of benzene rings is 2. The lowest BCUT2D eigenvalue weighted by molar-refractivity contribution is -0.141. The van der Waals surface area contributed by atoms with Crippen molar-refractivity contribution in [2.75, 3.05) is 19.1 Å². The van der Waals surface area contributed by atoms with Crippen molar-refractivity contribution in [2.24, 2.45) is 23.7 Å². The van der Waals surface area contributed by atoms with Crippen LogP contribution in [0.25, 0.3) is 0 Å². The first-order chi connectivity index (χ1) is 24.2. The van der Waals surface area contributed by atoms with Crippen LogP contribution >= 0.6 is 23.2 Å². The molecule has 2 aromatic carbocycles. The van der Waals surface area contributed by atoms with Gasteiger partial charge in [0.1, 0.15) is 0 Å². The van der Waals surface area contributed by atoms with Gasteiger partial charge in [0.15, 0.2) is 17.3 Å². The highest BCUT2D eigenvalue weighted by Crippen LogP contribution is 2.64. The van der Waals surface area contributed by atoms with E-state index >= 15 is 4.79 Å². The van der Waals surface area contributed by atoms with E-state index in [9.17, 15) is 32.7 Å². The Balaban J connectivity index is 1.44. The molecule has 0 radical (unpaired) electrons. The lowest BCUT2D eigenvalue weighted by Crippen LogP contribution is -2.53. The van der Waals surface area contributed by atoms with Gasteiger partial charge in [0, 0.05) is 23.7 Å². The standard InChI is InChI=1S/C36H31Cl2F3N4O6/c1-3-12-44-31(47)22-10-9-21-23(28(22)33(44)49)15-24-32(48)45(43-30-25(38)14-19(16-42-30)36(39,40)41)34(50)35(24,18-5-7-20(37)8-6-18)29(21)17-4-11-27(51-2)26(46)13-17/h4-9,11,13-14,16,22-24,28-29,46H,3,10,12,15H2,1-2H3,(H,42,43). The zero-order chi connectivity index (χ0) is 36.6. The second-order valence-electron chi connectivity index (χ2n) is 13.2. The summed E-state index contributed by atoms with van der Waals surface area (Å²) in [6, 6.07) is 11.7. The van der Waals surface area contributed by atoms with Gasteiger partial charge in [-0.15, -0.1) is 0 Å². The van der Waals surface area contributed by atoms with Gasteiger partial charge < -0.3 is 9.84 Å². The molecule has 10 nitrogen and oxygen atoms in total. The maximum Gasteiger partial charge on any atom is 0.417 e.